The molecule has 3 aromatic rings. The summed E-state index contributed by atoms with van der Waals surface area (Å²) in [5, 5.41) is 7.86. The fourth-order valence-corrected chi connectivity index (χ4v) is 3.64. The summed E-state index contributed by atoms with van der Waals surface area (Å²) in [5.41, 5.74) is 3.80. The molecule has 0 saturated carbocycles. The van der Waals surface area contributed by atoms with Gasteiger partial charge in [-0.1, -0.05) is 25.1 Å². The van der Waals surface area contributed by atoms with E-state index in [2.05, 4.69) is 34.5 Å². The number of aromatic nitrogens is 3. The molecular weight excluding hydrogens is 362 g/mol. The third-order valence-electron chi connectivity index (χ3n) is 5.50. The first-order chi connectivity index (χ1) is 14.1. The number of carbonyl (C=O) groups excluding carboxylic acids is 1. The minimum atomic E-state index is 0.0790. The molecule has 0 unspecified atom stereocenters. The number of benzene rings is 1. The third-order valence-corrected chi connectivity index (χ3v) is 5.50. The van der Waals surface area contributed by atoms with Crippen molar-refractivity contribution in [2.75, 3.05) is 18.4 Å². The van der Waals surface area contributed by atoms with Crippen LogP contribution < -0.4 is 5.32 Å². The van der Waals surface area contributed by atoms with Crippen LogP contribution in [-0.4, -0.2) is 38.7 Å². The maximum Gasteiger partial charge on any atom is 0.255 e. The summed E-state index contributed by atoms with van der Waals surface area (Å²) in [7, 11) is 0. The number of pyridine rings is 1. The van der Waals surface area contributed by atoms with E-state index in [1.54, 1.807) is 6.20 Å². The van der Waals surface area contributed by atoms with Gasteiger partial charge in [-0.2, -0.15) is 5.10 Å². The number of nitrogens with one attached hydrogen (secondary N) is 1. The van der Waals surface area contributed by atoms with Crippen molar-refractivity contribution < 1.29 is 4.79 Å². The van der Waals surface area contributed by atoms with Gasteiger partial charge in [-0.25, -0.2) is 9.67 Å². The van der Waals surface area contributed by atoms with Crippen LogP contribution in [-0.2, 0) is 6.54 Å². The van der Waals surface area contributed by atoms with E-state index >= 15 is 0 Å². The van der Waals surface area contributed by atoms with Gasteiger partial charge in [-0.3, -0.25) is 4.79 Å². The average molecular weight is 390 g/mol. The highest BCUT2D eigenvalue weighted by molar-refractivity contribution is 5.94. The lowest BCUT2D eigenvalue weighted by Crippen LogP contribution is -2.37. The van der Waals surface area contributed by atoms with Crippen molar-refractivity contribution in [3.63, 3.8) is 0 Å². The molecule has 6 nitrogen and oxygen atoms in total. The maximum absolute atomic E-state index is 12.7. The molecule has 1 fully saturated rings. The maximum atomic E-state index is 12.7. The van der Waals surface area contributed by atoms with Crippen LogP contribution in [0.25, 0.3) is 5.69 Å². The Morgan fingerprint density at radius 1 is 1.14 bits per heavy atom. The van der Waals surface area contributed by atoms with Crippen LogP contribution in [0.15, 0.2) is 54.9 Å². The number of anilines is 1. The zero-order chi connectivity index (χ0) is 20.2. The van der Waals surface area contributed by atoms with Gasteiger partial charge in [0.25, 0.3) is 5.91 Å². The second-order valence-electron chi connectivity index (χ2n) is 7.79. The Kier molecular flexibility index (Phi) is 5.60. The summed E-state index contributed by atoms with van der Waals surface area (Å²) >= 11 is 0. The van der Waals surface area contributed by atoms with Crippen LogP contribution in [0, 0.1) is 12.8 Å². The summed E-state index contributed by atoms with van der Waals surface area (Å²) in [5.74, 6) is 1.54. The number of likely N-dealkylation sites (tertiary alicyclic amines) is 1. The summed E-state index contributed by atoms with van der Waals surface area (Å²) in [6.45, 7) is 6.52. The van der Waals surface area contributed by atoms with Gasteiger partial charge >= 0.3 is 0 Å². The summed E-state index contributed by atoms with van der Waals surface area (Å²) < 4.78 is 1.89. The number of aryl methyl sites for hydroxylation is 1. The molecule has 3 heterocycles. The topological polar surface area (TPSA) is 63.1 Å². The van der Waals surface area contributed by atoms with E-state index in [1.807, 2.05) is 53.0 Å². The molecule has 1 saturated heterocycles. The number of hydrogen-bond donors (Lipinski definition) is 1. The van der Waals surface area contributed by atoms with E-state index in [0.717, 1.165) is 48.7 Å². The molecule has 0 spiro atoms. The van der Waals surface area contributed by atoms with E-state index in [1.165, 1.54) is 0 Å². The Labute approximate surface area is 171 Å². The van der Waals surface area contributed by atoms with E-state index in [4.69, 9.17) is 0 Å². The van der Waals surface area contributed by atoms with E-state index in [0.29, 0.717) is 18.0 Å². The lowest BCUT2D eigenvalue weighted by Gasteiger charge is -2.30. The Hall–Kier alpha value is -3.15. The fourth-order valence-electron chi connectivity index (χ4n) is 3.64. The predicted octanol–water partition coefficient (Wildman–Crippen LogP) is 4.06. The molecule has 1 aromatic carbocycles. The molecule has 0 bridgehead atoms. The number of rotatable bonds is 5. The molecule has 0 radical (unpaired) electrons. The highest BCUT2D eigenvalue weighted by Crippen LogP contribution is 2.19. The van der Waals surface area contributed by atoms with Crippen molar-refractivity contribution in [3.05, 3.63) is 71.7 Å². The number of para-hydroxylation sites is 1. The van der Waals surface area contributed by atoms with Gasteiger partial charge in [0.05, 0.1) is 16.9 Å². The van der Waals surface area contributed by atoms with E-state index < -0.39 is 0 Å². The highest BCUT2D eigenvalue weighted by atomic mass is 16.2. The summed E-state index contributed by atoms with van der Waals surface area (Å²) in [6, 6.07) is 13.9. The van der Waals surface area contributed by atoms with Gasteiger partial charge in [0, 0.05) is 32.0 Å². The molecule has 1 amide bonds. The average Bonchev–Trinajstić information content (AvgIpc) is 3.19. The van der Waals surface area contributed by atoms with Gasteiger partial charge in [0.15, 0.2) is 0 Å². The number of hydrogen-bond acceptors (Lipinski definition) is 4. The largest absolute Gasteiger partial charge is 0.366 e. The van der Waals surface area contributed by atoms with Crippen molar-refractivity contribution in [2.24, 2.45) is 5.92 Å². The second kappa shape index (κ2) is 8.47. The number of piperidine rings is 1. The molecule has 150 valence electrons. The predicted molar refractivity (Wildman–Crippen MR) is 114 cm³/mol. The van der Waals surface area contributed by atoms with Crippen molar-refractivity contribution in [1.29, 1.82) is 0 Å². The van der Waals surface area contributed by atoms with E-state index in [-0.39, 0.29) is 5.91 Å². The van der Waals surface area contributed by atoms with Crippen LogP contribution in [0.3, 0.4) is 0 Å². The lowest BCUT2D eigenvalue weighted by molar-refractivity contribution is 0.0697. The fraction of sp³-hybridized carbons (Fsp3) is 0.348. The smallest absolute Gasteiger partial charge is 0.255 e. The Morgan fingerprint density at radius 2 is 1.93 bits per heavy atom. The lowest BCUT2D eigenvalue weighted by atomic mass is 9.99. The number of nitrogens with zero attached hydrogens (tertiary/aromatic N) is 4. The third kappa shape index (κ3) is 4.47. The number of amides is 1. The Bertz CT molecular complexity index is 971. The zero-order valence-electron chi connectivity index (χ0n) is 17.0. The minimum Gasteiger partial charge on any atom is -0.366 e. The van der Waals surface area contributed by atoms with Crippen LogP contribution in [0.5, 0.6) is 0 Å². The Balaban J connectivity index is 1.41. The molecule has 6 heteroatoms. The van der Waals surface area contributed by atoms with Gasteiger partial charge in [0.1, 0.15) is 5.82 Å². The standard InChI is InChI=1S/C23H27N5O/c1-17-9-12-27(13-10-17)23(29)20-7-8-22(25-16-20)24-15-19-5-3-4-6-21(19)28-14-11-18(2)26-28/h3-8,11,14,16-17H,9-10,12-13,15H2,1-2H3,(H,24,25). The first kappa shape index (κ1) is 19.2. The van der Waals surface area contributed by atoms with Crippen LogP contribution in [0.1, 0.15) is 41.4 Å². The minimum absolute atomic E-state index is 0.0790. The van der Waals surface area contributed by atoms with Crippen molar-refractivity contribution in [2.45, 2.75) is 33.2 Å². The van der Waals surface area contributed by atoms with Gasteiger partial charge in [-0.05, 0) is 55.5 Å². The SMILES string of the molecule is Cc1ccn(-c2ccccc2CNc2ccc(C(=O)N3CCC(C)CC3)cn2)n1. The van der Waals surface area contributed by atoms with Crippen molar-refractivity contribution in [1.82, 2.24) is 19.7 Å². The first-order valence-electron chi connectivity index (χ1n) is 10.2. The molecule has 1 aliphatic heterocycles. The molecule has 2 aromatic heterocycles. The van der Waals surface area contributed by atoms with Gasteiger partial charge < -0.3 is 10.2 Å². The quantitative estimate of drug-likeness (QED) is 0.715. The monoisotopic (exact) mass is 389 g/mol. The molecular formula is C23H27N5O. The molecule has 0 aliphatic carbocycles. The van der Waals surface area contributed by atoms with Gasteiger partial charge in [0.2, 0.25) is 0 Å². The van der Waals surface area contributed by atoms with Crippen LogP contribution in [0.2, 0.25) is 0 Å². The zero-order valence-corrected chi connectivity index (χ0v) is 17.0. The van der Waals surface area contributed by atoms with Crippen molar-refractivity contribution in [3.8, 4) is 5.69 Å². The summed E-state index contributed by atoms with van der Waals surface area (Å²) in [6.07, 6.45) is 5.79. The molecule has 1 aliphatic rings. The van der Waals surface area contributed by atoms with Gasteiger partial charge in [-0.15, -0.1) is 0 Å². The second-order valence-corrected chi connectivity index (χ2v) is 7.79. The van der Waals surface area contributed by atoms with Crippen LogP contribution >= 0.6 is 0 Å². The van der Waals surface area contributed by atoms with Crippen molar-refractivity contribution >= 4 is 11.7 Å². The highest BCUT2D eigenvalue weighted by Gasteiger charge is 2.21. The van der Waals surface area contributed by atoms with Crippen LogP contribution in [0.4, 0.5) is 5.82 Å². The van der Waals surface area contributed by atoms with E-state index in [9.17, 15) is 4.79 Å². The molecule has 4 rings (SSSR count). The summed E-state index contributed by atoms with van der Waals surface area (Å²) in [4.78, 5) is 19.0. The first-order valence-corrected chi connectivity index (χ1v) is 10.2. The molecule has 29 heavy (non-hydrogen) atoms. The molecule has 1 N–H and O–H groups in total. The Morgan fingerprint density at radius 3 is 2.62 bits per heavy atom. The number of carbonyl (C=O) groups is 1. The molecule has 0 atom stereocenters. The normalized spacial score (nSPS) is 14.8.